The van der Waals surface area contributed by atoms with Crippen molar-refractivity contribution in [3.63, 3.8) is 0 Å². The van der Waals surface area contributed by atoms with Crippen molar-refractivity contribution >= 4 is 15.9 Å². The maximum atomic E-state index is 14.0. The Hall–Kier alpha value is -1.27. The standard InChI is InChI=1S/C15H18BrF2N3/c1-10(2)7-19-8-14-20-5-6-21(14)9-11-13(17)4-3-12(16)15(11)18/h3-6,10,19H,7-9H2,1-2H3. The quantitative estimate of drug-likeness (QED) is 0.798. The second-order valence-electron chi connectivity index (χ2n) is 5.32. The van der Waals surface area contributed by atoms with Crippen LogP contribution in [0.25, 0.3) is 0 Å². The van der Waals surface area contributed by atoms with Gasteiger partial charge >= 0.3 is 0 Å². The molecule has 1 N–H and O–H groups in total. The molecule has 0 aliphatic rings. The largest absolute Gasteiger partial charge is 0.329 e. The second kappa shape index (κ2) is 7.13. The number of aromatic nitrogens is 2. The van der Waals surface area contributed by atoms with Gasteiger partial charge in [0.25, 0.3) is 0 Å². The van der Waals surface area contributed by atoms with Gasteiger partial charge in [-0.05, 0) is 40.5 Å². The molecule has 114 valence electrons. The van der Waals surface area contributed by atoms with Gasteiger partial charge in [-0.3, -0.25) is 0 Å². The monoisotopic (exact) mass is 357 g/mol. The summed E-state index contributed by atoms with van der Waals surface area (Å²) < 4.78 is 29.8. The normalized spacial score (nSPS) is 11.3. The molecule has 6 heteroatoms. The van der Waals surface area contributed by atoms with E-state index in [4.69, 9.17) is 0 Å². The number of rotatable bonds is 6. The first-order valence-electron chi connectivity index (χ1n) is 6.82. The molecule has 0 saturated heterocycles. The van der Waals surface area contributed by atoms with Crippen molar-refractivity contribution < 1.29 is 8.78 Å². The Kier molecular flexibility index (Phi) is 5.47. The molecule has 0 saturated carbocycles. The molecule has 0 radical (unpaired) electrons. The van der Waals surface area contributed by atoms with Gasteiger partial charge in [0.1, 0.15) is 17.5 Å². The summed E-state index contributed by atoms with van der Waals surface area (Å²) in [6.45, 7) is 5.79. The summed E-state index contributed by atoms with van der Waals surface area (Å²) in [7, 11) is 0. The van der Waals surface area contributed by atoms with Gasteiger partial charge in [0.2, 0.25) is 0 Å². The Labute approximate surface area is 131 Å². The molecule has 0 amide bonds. The highest BCUT2D eigenvalue weighted by atomic mass is 79.9. The minimum absolute atomic E-state index is 0.0347. The number of nitrogens with one attached hydrogen (secondary N) is 1. The third-order valence-electron chi connectivity index (χ3n) is 3.10. The zero-order valence-electron chi connectivity index (χ0n) is 12.0. The number of hydrogen-bond acceptors (Lipinski definition) is 2. The van der Waals surface area contributed by atoms with Gasteiger partial charge in [-0.15, -0.1) is 0 Å². The molecule has 21 heavy (non-hydrogen) atoms. The number of benzene rings is 1. The summed E-state index contributed by atoms with van der Waals surface area (Å²) in [5.74, 6) is 0.179. The molecule has 0 bridgehead atoms. The van der Waals surface area contributed by atoms with Gasteiger partial charge in [0.15, 0.2) is 0 Å². The number of nitrogens with zero attached hydrogens (tertiary/aromatic N) is 2. The van der Waals surface area contributed by atoms with Crippen LogP contribution in [0.5, 0.6) is 0 Å². The molecule has 1 heterocycles. The number of hydrogen-bond donors (Lipinski definition) is 1. The molecule has 0 unspecified atom stereocenters. The average molecular weight is 358 g/mol. The fraction of sp³-hybridized carbons (Fsp3) is 0.400. The van der Waals surface area contributed by atoms with Gasteiger partial charge in [0, 0.05) is 18.0 Å². The van der Waals surface area contributed by atoms with Crippen LogP contribution in [-0.4, -0.2) is 16.1 Å². The van der Waals surface area contributed by atoms with Crippen molar-refractivity contribution in [2.75, 3.05) is 6.54 Å². The predicted octanol–water partition coefficient (Wildman–Crippen LogP) is 3.72. The smallest absolute Gasteiger partial charge is 0.145 e. The van der Waals surface area contributed by atoms with Crippen molar-refractivity contribution in [2.45, 2.75) is 26.9 Å². The summed E-state index contributed by atoms with van der Waals surface area (Å²) >= 11 is 3.08. The third-order valence-corrected chi connectivity index (χ3v) is 3.72. The SMILES string of the molecule is CC(C)CNCc1nccn1Cc1c(F)ccc(Br)c1F. The fourth-order valence-electron chi connectivity index (χ4n) is 2.01. The zero-order chi connectivity index (χ0) is 15.4. The van der Waals surface area contributed by atoms with Crippen molar-refractivity contribution in [1.29, 1.82) is 0 Å². The Morgan fingerprint density at radius 2 is 2.10 bits per heavy atom. The molecular formula is C15H18BrF2N3. The lowest BCUT2D eigenvalue weighted by Crippen LogP contribution is -2.21. The first-order valence-corrected chi connectivity index (χ1v) is 7.61. The summed E-state index contributed by atoms with van der Waals surface area (Å²) in [4.78, 5) is 4.23. The molecule has 1 aromatic heterocycles. The zero-order valence-corrected chi connectivity index (χ0v) is 13.6. The van der Waals surface area contributed by atoms with Crippen LogP contribution in [0.2, 0.25) is 0 Å². The summed E-state index contributed by atoms with van der Waals surface area (Å²) in [5.41, 5.74) is 0.0347. The highest BCUT2D eigenvalue weighted by Gasteiger charge is 2.14. The number of halogens is 3. The van der Waals surface area contributed by atoms with Crippen LogP contribution in [0.15, 0.2) is 29.0 Å². The molecule has 3 nitrogen and oxygen atoms in total. The van der Waals surface area contributed by atoms with E-state index in [2.05, 4.69) is 40.1 Å². The van der Waals surface area contributed by atoms with Crippen LogP contribution in [0, 0.1) is 17.6 Å². The molecule has 2 aromatic rings. The Balaban J connectivity index is 2.14. The molecule has 1 aromatic carbocycles. The topological polar surface area (TPSA) is 29.9 Å². The summed E-state index contributed by atoms with van der Waals surface area (Å²) in [5, 5.41) is 3.27. The van der Waals surface area contributed by atoms with Crippen LogP contribution in [0.1, 0.15) is 25.2 Å². The van der Waals surface area contributed by atoms with E-state index in [1.807, 2.05) is 0 Å². The Bertz CT molecular complexity index is 611. The lowest BCUT2D eigenvalue weighted by molar-refractivity contribution is 0.517. The molecule has 2 rings (SSSR count). The maximum absolute atomic E-state index is 14.0. The molecule has 0 atom stereocenters. The minimum Gasteiger partial charge on any atom is -0.329 e. The van der Waals surface area contributed by atoms with E-state index >= 15 is 0 Å². The van der Waals surface area contributed by atoms with Crippen LogP contribution < -0.4 is 5.32 Å². The van der Waals surface area contributed by atoms with E-state index in [1.165, 1.54) is 12.1 Å². The van der Waals surface area contributed by atoms with E-state index in [1.54, 1.807) is 17.0 Å². The van der Waals surface area contributed by atoms with E-state index in [0.717, 1.165) is 12.4 Å². The first-order chi connectivity index (χ1) is 9.99. The number of imidazole rings is 1. The van der Waals surface area contributed by atoms with Crippen molar-refractivity contribution in [3.05, 3.63) is 52.0 Å². The molecule has 0 spiro atoms. The second-order valence-corrected chi connectivity index (χ2v) is 6.17. The van der Waals surface area contributed by atoms with E-state index in [-0.39, 0.29) is 16.6 Å². The van der Waals surface area contributed by atoms with Gasteiger partial charge in [-0.1, -0.05) is 13.8 Å². The molecule has 0 fully saturated rings. The highest BCUT2D eigenvalue weighted by molar-refractivity contribution is 9.10. The average Bonchev–Trinajstić information content (AvgIpc) is 2.86. The first kappa shape index (κ1) is 16.1. The molecule has 0 aliphatic heterocycles. The summed E-state index contributed by atoms with van der Waals surface area (Å²) in [6.07, 6.45) is 3.37. The van der Waals surface area contributed by atoms with Crippen molar-refractivity contribution in [3.8, 4) is 0 Å². The fourth-order valence-corrected chi connectivity index (χ4v) is 2.38. The van der Waals surface area contributed by atoms with Crippen LogP contribution in [0.3, 0.4) is 0 Å². The van der Waals surface area contributed by atoms with Gasteiger partial charge in [0.05, 0.1) is 17.6 Å². The van der Waals surface area contributed by atoms with E-state index < -0.39 is 11.6 Å². The lowest BCUT2D eigenvalue weighted by Gasteiger charge is -2.12. The van der Waals surface area contributed by atoms with Crippen LogP contribution in [0.4, 0.5) is 8.78 Å². The highest BCUT2D eigenvalue weighted by Crippen LogP contribution is 2.22. The van der Waals surface area contributed by atoms with Crippen molar-refractivity contribution in [2.24, 2.45) is 5.92 Å². The van der Waals surface area contributed by atoms with E-state index in [9.17, 15) is 8.78 Å². The van der Waals surface area contributed by atoms with Crippen LogP contribution >= 0.6 is 15.9 Å². The van der Waals surface area contributed by atoms with E-state index in [0.29, 0.717) is 12.5 Å². The van der Waals surface area contributed by atoms with Gasteiger partial charge < -0.3 is 9.88 Å². The predicted molar refractivity (Wildman–Crippen MR) is 81.9 cm³/mol. The van der Waals surface area contributed by atoms with Crippen molar-refractivity contribution in [1.82, 2.24) is 14.9 Å². The van der Waals surface area contributed by atoms with Crippen LogP contribution in [-0.2, 0) is 13.1 Å². The van der Waals surface area contributed by atoms with Gasteiger partial charge in [-0.25, -0.2) is 13.8 Å². The maximum Gasteiger partial charge on any atom is 0.145 e. The third kappa shape index (κ3) is 4.11. The lowest BCUT2D eigenvalue weighted by atomic mass is 10.2. The van der Waals surface area contributed by atoms with Gasteiger partial charge in [-0.2, -0.15) is 0 Å². The minimum atomic E-state index is -0.565. The Morgan fingerprint density at radius 1 is 1.33 bits per heavy atom. The molecule has 0 aliphatic carbocycles. The Morgan fingerprint density at radius 3 is 2.81 bits per heavy atom. The summed E-state index contributed by atoms with van der Waals surface area (Å²) in [6, 6.07) is 2.63. The molecular weight excluding hydrogens is 340 g/mol.